The van der Waals surface area contributed by atoms with Gasteiger partial charge in [-0.25, -0.2) is 15.0 Å². The van der Waals surface area contributed by atoms with Crippen LogP contribution in [-0.2, 0) is 29.4 Å². The predicted molar refractivity (Wildman–Crippen MR) is 275 cm³/mol. The SMILES string of the molecule is CC(C)n1cnc2cc(-c3ccc4c(c3)N(C3CC(N5CCCCC5)C3)C(=O)C43CCN(C(=O)[C@H]4CCCN(C(=O)CC5CCN(c6ccc(C7CCC(=O)NC7=O)cn6)CC5)C4)CC3)nc(NC3CC3)c21. The molecule has 5 saturated heterocycles. The molecule has 16 nitrogen and oxygen atoms in total. The van der Waals surface area contributed by atoms with Gasteiger partial charge in [0.1, 0.15) is 11.3 Å². The largest absolute Gasteiger partial charge is 0.366 e. The Labute approximate surface area is 422 Å². The molecule has 1 unspecified atom stereocenters. The van der Waals surface area contributed by atoms with Gasteiger partial charge in [-0.2, -0.15) is 0 Å². The summed E-state index contributed by atoms with van der Waals surface area (Å²) in [7, 11) is 0. The number of pyridine rings is 2. The van der Waals surface area contributed by atoms with E-state index in [1.165, 1.54) is 19.3 Å². The van der Waals surface area contributed by atoms with Crippen molar-refractivity contribution in [3.63, 3.8) is 0 Å². The molecule has 1 aromatic carbocycles. The van der Waals surface area contributed by atoms with Crippen LogP contribution in [0.4, 0.5) is 17.3 Å². The van der Waals surface area contributed by atoms with Crippen LogP contribution < -0.4 is 20.4 Å². The molecule has 9 heterocycles. The summed E-state index contributed by atoms with van der Waals surface area (Å²) in [5.74, 6) is 1.36. The summed E-state index contributed by atoms with van der Waals surface area (Å²) in [6.07, 6.45) is 17.6. The molecule has 7 fully saturated rings. The van der Waals surface area contributed by atoms with Crippen LogP contribution in [-0.4, -0.2) is 134 Å². The molecule has 8 aliphatic rings. The maximum atomic E-state index is 15.3. The number of piperidine rings is 5. The third kappa shape index (κ3) is 8.82. The lowest BCUT2D eigenvalue weighted by Crippen LogP contribution is -2.58. The molecule has 2 atom stereocenters. The molecular formula is C56H71N11O5. The van der Waals surface area contributed by atoms with Gasteiger partial charge in [-0.3, -0.25) is 29.3 Å². The zero-order valence-corrected chi connectivity index (χ0v) is 42.2. The van der Waals surface area contributed by atoms with E-state index in [1.807, 2.05) is 28.3 Å². The number of benzene rings is 1. The van der Waals surface area contributed by atoms with Crippen LogP contribution in [0.2, 0.25) is 0 Å². The van der Waals surface area contributed by atoms with Crippen molar-refractivity contribution < 1.29 is 24.0 Å². The average Bonchev–Trinajstić information content (AvgIpc) is 4.05. The maximum Gasteiger partial charge on any atom is 0.238 e. The summed E-state index contributed by atoms with van der Waals surface area (Å²) in [5, 5.41) is 6.14. The Morgan fingerprint density at radius 2 is 1.61 bits per heavy atom. The normalized spacial score (nSPS) is 26.1. The van der Waals surface area contributed by atoms with Gasteiger partial charge in [-0.1, -0.05) is 24.6 Å². The second-order valence-electron chi connectivity index (χ2n) is 22.8. The van der Waals surface area contributed by atoms with Crippen molar-refractivity contribution >= 4 is 57.9 Å². The van der Waals surface area contributed by atoms with Crippen LogP contribution >= 0.6 is 0 Å². The van der Waals surface area contributed by atoms with Crippen LogP contribution in [0.5, 0.6) is 0 Å². The molecule has 4 aromatic rings. The number of imide groups is 1. The summed E-state index contributed by atoms with van der Waals surface area (Å²) in [4.78, 5) is 93.3. The second-order valence-corrected chi connectivity index (χ2v) is 22.8. The van der Waals surface area contributed by atoms with E-state index in [2.05, 4.69) is 73.0 Å². The lowest BCUT2D eigenvalue weighted by molar-refractivity contribution is -0.144. The topological polar surface area (TPSA) is 169 Å². The number of hydrogen-bond donors (Lipinski definition) is 2. The van der Waals surface area contributed by atoms with Gasteiger partial charge in [-0.15, -0.1) is 0 Å². The number of likely N-dealkylation sites (tertiary alicyclic amines) is 3. The van der Waals surface area contributed by atoms with Crippen LogP contribution in [0, 0.1) is 11.8 Å². The van der Waals surface area contributed by atoms with E-state index in [9.17, 15) is 19.2 Å². The van der Waals surface area contributed by atoms with Gasteiger partial charge >= 0.3 is 0 Å². The highest BCUT2D eigenvalue weighted by Crippen LogP contribution is 2.52. The molecule has 380 valence electrons. The van der Waals surface area contributed by atoms with E-state index >= 15 is 4.79 Å². The predicted octanol–water partition coefficient (Wildman–Crippen LogP) is 6.94. The van der Waals surface area contributed by atoms with Gasteiger partial charge in [0.15, 0.2) is 5.82 Å². The first-order valence-electron chi connectivity index (χ1n) is 27.5. The number of anilines is 3. The van der Waals surface area contributed by atoms with Gasteiger partial charge < -0.3 is 34.4 Å². The van der Waals surface area contributed by atoms with E-state index in [0.717, 1.165) is 128 Å². The van der Waals surface area contributed by atoms with Crippen LogP contribution in [0.1, 0.15) is 140 Å². The minimum Gasteiger partial charge on any atom is -0.366 e. The molecule has 12 rings (SSSR count). The molecule has 0 bridgehead atoms. The fourth-order valence-electron chi connectivity index (χ4n) is 13.4. The van der Waals surface area contributed by atoms with Crippen molar-refractivity contribution in [3.05, 3.63) is 60.0 Å². The molecule has 0 radical (unpaired) electrons. The molecule has 72 heavy (non-hydrogen) atoms. The summed E-state index contributed by atoms with van der Waals surface area (Å²) in [6, 6.07) is 13.9. The molecule has 2 saturated carbocycles. The Bertz CT molecular complexity index is 2740. The number of fused-ring (bicyclic) bond motifs is 3. The highest BCUT2D eigenvalue weighted by Gasteiger charge is 2.56. The molecule has 6 aliphatic heterocycles. The minimum atomic E-state index is -0.688. The number of amides is 5. The highest BCUT2D eigenvalue weighted by molar-refractivity contribution is 6.09. The zero-order chi connectivity index (χ0) is 49.3. The Kier molecular flexibility index (Phi) is 12.6. The zero-order valence-electron chi connectivity index (χ0n) is 42.2. The van der Waals surface area contributed by atoms with Crippen molar-refractivity contribution in [2.24, 2.45) is 11.8 Å². The fourth-order valence-corrected chi connectivity index (χ4v) is 13.4. The molecule has 16 heteroatoms. The van der Waals surface area contributed by atoms with Crippen molar-refractivity contribution in [3.8, 4) is 11.3 Å². The summed E-state index contributed by atoms with van der Waals surface area (Å²) < 4.78 is 2.20. The Morgan fingerprint density at radius 1 is 0.819 bits per heavy atom. The van der Waals surface area contributed by atoms with Gasteiger partial charge in [0.25, 0.3) is 0 Å². The first kappa shape index (κ1) is 47.1. The number of carbonyl (C=O) groups excluding carboxylic acids is 5. The maximum absolute atomic E-state index is 15.3. The number of carbonyl (C=O) groups is 5. The van der Waals surface area contributed by atoms with Gasteiger partial charge in [0.2, 0.25) is 29.5 Å². The van der Waals surface area contributed by atoms with Crippen molar-refractivity contribution in [2.45, 2.75) is 152 Å². The third-order valence-corrected chi connectivity index (χ3v) is 17.9. The van der Waals surface area contributed by atoms with Crippen molar-refractivity contribution in [1.29, 1.82) is 0 Å². The second kappa shape index (κ2) is 19.2. The molecule has 5 amide bonds. The van der Waals surface area contributed by atoms with Crippen molar-refractivity contribution in [1.82, 2.24) is 39.5 Å². The Hall–Kier alpha value is -5.90. The van der Waals surface area contributed by atoms with E-state index in [-0.39, 0.29) is 59.4 Å². The Balaban J connectivity index is 0.702. The number of nitrogens with one attached hydrogen (secondary N) is 2. The number of hydrogen-bond acceptors (Lipinski definition) is 11. The van der Waals surface area contributed by atoms with Gasteiger partial charge in [0, 0.05) is 93.7 Å². The van der Waals surface area contributed by atoms with Crippen molar-refractivity contribution in [2.75, 3.05) is 67.5 Å². The smallest absolute Gasteiger partial charge is 0.238 e. The number of imidazole rings is 1. The summed E-state index contributed by atoms with van der Waals surface area (Å²) >= 11 is 0. The standard InChI is InChI=1S/C56H71N11O5/c1-35(2)66-34-58-46-31-45(60-52(51(46)66)59-40-10-11-40)37-8-13-44-47(28-37)67(42-29-41(30-42)62-20-4-3-5-21-62)55(72)56(44)18-25-64(26-19-56)54(71)39-7-6-22-65(33-39)50(69)27-36-16-23-63(24-17-36)48-14-9-38(32-57-48)43-12-15-49(68)61-53(43)70/h8-9,13-14,28,31-32,34-36,39-43H,3-7,10-12,15-27,29-30,33H2,1-2H3,(H,59,60)(H,61,68,70)/t39-,41?,42?,43?/m0/s1. The lowest BCUT2D eigenvalue weighted by atomic mass is 9.73. The lowest BCUT2D eigenvalue weighted by Gasteiger charge is -2.48. The monoisotopic (exact) mass is 978 g/mol. The first-order chi connectivity index (χ1) is 35.0. The molecule has 3 aromatic heterocycles. The molecule has 2 N–H and O–H groups in total. The number of nitrogens with zero attached hydrogens (tertiary/aromatic N) is 9. The van der Waals surface area contributed by atoms with E-state index in [0.29, 0.717) is 70.4 Å². The van der Waals surface area contributed by atoms with Gasteiger partial charge in [0.05, 0.1) is 34.8 Å². The summed E-state index contributed by atoms with van der Waals surface area (Å²) in [5.41, 5.74) is 6.02. The Morgan fingerprint density at radius 3 is 2.33 bits per heavy atom. The quantitative estimate of drug-likeness (QED) is 0.150. The van der Waals surface area contributed by atoms with Crippen LogP contribution in [0.25, 0.3) is 22.3 Å². The number of rotatable bonds is 11. The van der Waals surface area contributed by atoms with Gasteiger partial charge in [-0.05, 0) is 146 Å². The van der Waals surface area contributed by atoms with E-state index in [4.69, 9.17) is 9.97 Å². The first-order valence-corrected chi connectivity index (χ1v) is 27.5. The molecule has 1 spiro atoms. The molecular weight excluding hydrogens is 907 g/mol. The fraction of sp³-hybridized carbons (Fsp3) is 0.607. The highest BCUT2D eigenvalue weighted by atomic mass is 16.2. The van der Waals surface area contributed by atoms with Crippen LogP contribution in [0.3, 0.4) is 0 Å². The van der Waals surface area contributed by atoms with E-state index in [1.54, 1.807) is 6.20 Å². The van der Waals surface area contributed by atoms with Crippen LogP contribution in [0.15, 0.2) is 48.9 Å². The van der Waals surface area contributed by atoms with E-state index < -0.39 is 5.41 Å². The average molecular weight is 978 g/mol. The number of aromatic nitrogens is 4. The minimum absolute atomic E-state index is 0.116. The molecule has 2 aliphatic carbocycles. The third-order valence-electron chi connectivity index (χ3n) is 17.9. The summed E-state index contributed by atoms with van der Waals surface area (Å²) in [6.45, 7) is 10.4.